The van der Waals surface area contributed by atoms with Gasteiger partial charge < -0.3 is 4.90 Å². The molecule has 0 radical (unpaired) electrons. The molecule has 2 unspecified atom stereocenters. The predicted octanol–water partition coefficient (Wildman–Crippen LogP) is 3.10. The lowest BCUT2D eigenvalue weighted by Crippen LogP contribution is -2.32. The summed E-state index contributed by atoms with van der Waals surface area (Å²) in [7, 11) is 0. The first-order chi connectivity index (χ1) is 9.22. The van der Waals surface area contributed by atoms with Gasteiger partial charge in [-0.15, -0.1) is 0 Å². The summed E-state index contributed by atoms with van der Waals surface area (Å²) in [6.45, 7) is 14.2. The van der Waals surface area contributed by atoms with E-state index in [4.69, 9.17) is 0 Å². The lowest BCUT2D eigenvalue weighted by Gasteiger charge is -2.24. The normalized spacial score (nSPS) is 24.2. The minimum atomic E-state index is 0.823. The predicted molar refractivity (Wildman–Crippen MR) is 82.2 cm³/mol. The van der Waals surface area contributed by atoms with Crippen LogP contribution in [0.3, 0.4) is 0 Å². The van der Waals surface area contributed by atoms with Crippen LogP contribution in [-0.2, 0) is 6.54 Å². The minimum absolute atomic E-state index is 0.823. The van der Waals surface area contributed by atoms with Crippen LogP contribution in [0, 0.1) is 11.8 Å². The fourth-order valence-corrected chi connectivity index (χ4v) is 3.16. The zero-order valence-electron chi connectivity index (χ0n) is 12.7. The molecule has 0 spiro atoms. The summed E-state index contributed by atoms with van der Waals surface area (Å²) >= 11 is 0. The maximum Gasteiger partial charge on any atom is 0.0233 e. The van der Waals surface area contributed by atoms with Crippen LogP contribution in [0.1, 0.15) is 26.3 Å². The molecule has 2 nitrogen and oxygen atoms in total. The lowest BCUT2D eigenvalue weighted by molar-refractivity contribution is 0.230. The molecule has 0 N–H and O–H groups in total. The fourth-order valence-electron chi connectivity index (χ4n) is 3.16. The third-order valence-corrected chi connectivity index (χ3v) is 4.48. The molecule has 2 atom stereocenters. The van der Waals surface area contributed by atoms with Crippen LogP contribution in [0.25, 0.3) is 0 Å². The largest absolute Gasteiger partial charge is 0.304 e. The van der Waals surface area contributed by atoms with Crippen LogP contribution in [0.2, 0.25) is 0 Å². The van der Waals surface area contributed by atoms with E-state index in [2.05, 4.69) is 60.9 Å². The average Bonchev–Trinajstić information content (AvgIpc) is 2.77. The van der Waals surface area contributed by atoms with Crippen molar-refractivity contribution >= 4 is 0 Å². The highest BCUT2D eigenvalue weighted by atomic mass is 15.2. The van der Waals surface area contributed by atoms with Crippen molar-refractivity contribution in [2.75, 3.05) is 32.7 Å². The average molecular weight is 260 g/mol. The van der Waals surface area contributed by atoms with Gasteiger partial charge in [0.2, 0.25) is 0 Å². The smallest absolute Gasteiger partial charge is 0.0233 e. The summed E-state index contributed by atoms with van der Waals surface area (Å²) in [6.07, 6.45) is 0. The quantitative estimate of drug-likeness (QED) is 0.775. The third kappa shape index (κ3) is 4.05. The van der Waals surface area contributed by atoms with E-state index in [1.165, 1.54) is 38.3 Å². The van der Waals surface area contributed by atoms with E-state index in [0.717, 1.165) is 18.4 Å². The number of likely N-dealkylation sites (tertiary alicyclic amines) is 1. The van der Waals surface area contributed by atoms with Crippen LogP contribution in [0.5, 0.6) is 0 Å². The first-order valence-electron chi connectivity index (χ1n) is 7.71. The van der Waals surface area contributed by atoms with Gasteiger partial charge in [-0.1, -0.05) is 51.1 Å². The van der Waals surface area contributed by atoms with Crippen LogP contribution in [0.4, 0.5) is 0 Å². The Balaban J connectivity index is 1.86. The SMILES string of the molecule is CCN(CC)CC1CN(Cc2ccccc2)CC1C. The zero-order valence-corrected chi connectivity index (χ0v) is 12.7. The number of hydrogen-bond donors (Lipinski definition) is 0. The van der Waals surface area contributed by atoms with Gasteiger partial charge in [-0.25, -0.2) is 0 Å². The molecular weight excluding hydrogens is 232 g/mol. The van der Waals surface area contributed by atoms with E-state index in [1.807, 2.05) is 0 Å². The molecule has 1 saturated heterocycles. The highest BCUT2D eigenvalue weighted by Gasteiger charge is 2.30. The Bertz CT molecular complexity index is 359. The van der Waals surface area contributed by atoms with Gasteiger partial charge >= 0.3 is 0 Å². The van der Waals surface area contributed by atoms with Gasteiger partial charge in [0.05, 0.1) is 0 Å². The number of rotatable bonds is 6. The van der Waals surface area contributed by atoms with Gasteiger partial charge in [0.15, 0.2) is 0 Å². The van der Waals surface area contributed by atoms with Crippen molar-refractivity contribution in [1.82, 2.24) is 9.80 Å². The Morgan fingerprint density at radius 2 is 1.79 bits per heavy atom. The lowest BCUT2D eigenvalue weighted by atomic mass is 9.98. The Hall–Kier alpha value is -0.860. The van der Waals surface area contributed by atoms with E-state index >= 15 is 0 Å². The first-order valence-corrected chi connectivity index (χ1v) is 7.71. The summed E-state index contributed by atoms with van der Waals surface area (Å²) < 4.78 is 0. The van der Waals surface area contributed by atoms with Gasteiger partial charge in [-0.2, -0.15) is 0 Å². The summed E-state index contributed by atoms with van der Waals surface area (Å²) in [5.74, 6) is 1.66. The van der Waals surface area contributed by atoms with Crippen molar-refractivity contribution in [3.8, 4) is 0 Å². The second-order valence-electron chi connectivity index (χ2n) is 5.90. The molecule has 0 amide bonds. The monoisotopic (exact) mass is 260 g/mol. The van der Waals surface area contributed by atoms with Crippen LogP contribution in [0.15, 0.2) is 30.3 Å². The Kier molecular flexibility index (Phi) is 5.41. The zero-order chi connectivity index (χ0) is 13.7. The van der Waals surface area contributed by atoms with E-state index in [9.17, 15) is 0 Å². The van der Waals surface area contributed by atoms with Gasteiger partial charge in [-0.3, -0.25) is 4.90 Å². The molecule has 1 aliphatic rings. The highest BCUT2D eigenvalue weighted by molar-refractivity contribution is 5.14. The maximum atomic E-state index is 2.62. The highest BCUT2D eigenvalue weighted by Crippen LogP contribution is 2.25. The molecule has 1 aliphatic heterocycles. The molecule has 106 valence electrons. The molecule has 0 saturated carbocycles. The topological polar surface area (TPSA) is 6.48 Å². The molecule has 1 fully saturated rings. The molecule has 0 bridgehead atoms. The standard InChI is InChI=1S/C17H28N2/c1-4-18(5-2)13-17-14-19(11-15(17)3)12-16-9-7-6-8-10-16/h6-10,15,17H,4-5,11-14H2,1-3H3. The molecule has 0 aliphatic carbocycles. The van der Waals surface area contributed by atoms with Crippen LogP contribution in [-0.4, -0.2) is 42.5 Å². The van der Waals surface area contributed by atoms with E-state index < -0.39 is 0 Å². The Morgan fingerprint density at radius 3 is 2.42 bits per heavy atom. The molecular formula is C17H28N2. The summed E-state index contributed by atoms with van der Waals surface area (Å²) in [4.78, 5) is 5.18. The first kappa shape index (κ1) is 14.5. The van der Waals surface area contributed by atoms with Crippen molar-refractivity contribution in [2.24, 2.45) is 11.8 Å². The summed E-state index contributed by atoms with van der Waals surface area (Å²) in [5, 5.41) is 0. The van der Waals surface area contributed by atoms with Crippen molar-refractivity contribution in [2.45, 2.75) is 27.3 Å². The third-order valence-electron chi connectivity index (χ3n) is 4.48. The Morgan fingerprint density at radius 1 is 1.11 bits per heavy atom. The molecule has 1 aromatic carbocycles. The van der Waals surface area contributed by atoms with Crippen LogP contribution < -0.4 is 0 Å². The molecule has 2 rings (SSSR count). The van der Waals surface area contributed by atoms with Crippen molar-refractivity contribution in [1.29, 1.82) is 0 Å². The van der Waals surface area contributed by atoms with E-state index in [0.29, 0.717) is 0 Å². The van der Waals surface area contributed by atoms with Gasteiger partial charge in [0.1, 0.15) is 0 Å². The van der Waals surface area contributed by atoms with Crippen molar-refractivity contribution in [3.05, 3.63) is 35.9 Å². The maximum absolute atomic E-state index is 2.62. The van der Waals surface area contributed by atoms with Crippen molar-refractivity contribution < 1.29 is 0 Å². The molecule has 0 aromatic heterocycles. The number of benzene rings is 1. The van der Waals surface area contributed by atoms with E-state index in [1.54, 1.807) is 0 Å². The van der Waals surface area contributed by atoms with Gasteiger partial charge in [0, 0.05) is 26.2 Å². The summed E-state index contributed by atoms with van der Waals surface area (Å²) in [5.41, 5.74) is 1.44. The Labute approximate surface area is 118 Å². The minimum Gasteiger partial charge on any atom is -0.304 e. The van der Waals surface area contributed by atoms with Gasteiger partial charge in [-0.05, 0) is 30.5 Å². The second kappa shape index (κ2) is 7.06. The molecule has 1 aromatic rings. The summed E-state index contributed by atoms with van der Waals surface area (Å²) in [6, 6.07) is 10.9. The molecule has 19 heavy (non-hydrogen) atoms. The number of nitrogens with zero attached hydrogens (tertiary/aromatic N) is 2. The fraction of sp³-hybridized carbons (Fsp3) is 0.647. The van der Waals surface area contributed by atoms with E-state index in [-0.39, 0.29) is 0 Å². The molecule has 2 heteroatoms. The molecule has 1 heterocycles. The van der Waals surface area contributed by atoms with Crippen LogP contribution >= 0.6 is 0 Å². The number of hydrogen-bond acceptors (Lipinski definition) is 2. The van der Waals surface area contributed by atoms with Crippen molar-refractivity contribution in [3.63, 3.8) is 0 Å². The second-order valence-corrected chi connectivity index (χ2v) is 5.90. The van der Waals surface area contributed by atoms with Gasteiger partial charge in [0.25, 0.3) is 0 Å².